The zero-order valence-electron chi connectivity index (χ0n) is 9.39. The van der Waals surface area contributed by atoms with Crippen LogP contribution in [0.1, 0.15) is 0 Å². The van der Waals surface area contributed by atoms with E-state index in [1.807, 2.05) is 12.1 Å². The molecule has 1 aliphatic rings. The third-order valence-corrected chi connectivity index (χ3v) is 4.07. The van der Waals surface area contributed by atoms with Gasteiger partial charge in [-0.15, -0.1) is 0 Å². The summed E-state index contributed by atoms with van der Waals surface area (Å²) < 4.78 is 12.0. The van der Waals surface area contributed by atoms with Gasteiger partial charge in [0.25, 0.3) is 0 Å². The van der Waals surface area contributed by atoms with Crippen molar-refractivity contribution >= 4 is 22.5 Å². The van der Waals surface area contributed by atoms with Gasteiger partial charge in [0.05, 0.1) is 15.7 Å². The minimum atomic E-state index is -1.15. The second-order valence-electron chi connectivity index (χ2n) is 3.81. The molecule has 0 bridgehead atoms. The molecule has 3 N–H and O–H groups in total. The van der Waals surface area contributed by atoms with Crippen molar-refractivity contribution in [3.8, 4) is 0 Å². The molecule has 0 aliphatic carbocycles. The van der Waals surface area contributed by atoms with E-state index in [9.17, 15) is 9.00 Å². The van der Waals surface area contributed by atoms with Crippen molar-refractivity contribution < 1.29 is 9.00 Å². The van der Waals surface area contributed by atoms with E-state index in [0.29, 0.717) is 36.0 Å². The standard InChI is InChI=1S/C11H15N3O2S/c12-9-3-1-2-4-10(9)17(16)8-7-14-6-5-13-11(14)15/h1-4H,5-8,12H2,(H,13,15). The van der Waals surface area contributed by atoms with Crippen LogP contribution in [0, 0.1) is 0 Å². The highest BCUT2D eigenvalue weighted by molar-refractivity contribution is 7.85. The number of carbonyl (C=O) groups is 1. The van der Waals surface area contributed by atoms with Crippen LogP contribution in [0.4, 0.5) is 10.5 Å². The number of benzene rings is 1. The highest BCUT2D eigenvalue weighted by Crippen LogP contribution is 2.15. The minimum Gasteiger partial charge on any atom is -0.398 e. The molecule has 0 spiro atoms. The van der Waals surface area contributed by atoms with Gasteiger partial charge >= 0.3 is 6.03 Å². The van der Waals surface area contributed by atoms with Crippen LogP contribution < -0.4 is 11.1 Å². The lowest BCUT2D eigenvalue weighted by atomic mass is 10.3. The molecule has 2 rings (SSSR count). The van der Waals surface area contributed by atoms with Crippen molar-refractivity contribution in [3.05, 3.63) is 24.3 Å². The van der Waals surface area contributed by atoms with Gasteiger partial charge in [-0.25, -0.2) is 4.79 Å². The highest BCUT2D eigenvalue weighted by atomic mass is 32.2. The summed E-state index contributed by atoms with van der Waals surface area (Å²) in [5.41, 5.74) is 6.29. The van der Waals surface area contributed by atoms with E-state index in [0.717, 1.165) is 0 Å². The molecule has 1 saturated heterocycles. The number of nitrogens with zero attached hydrogens (tertiary/aromatic N) is 1. The topological polar surface area (TPSA) is 75.4 Å². The number of nitrogen functional groups attached to an aromatic ring is 1. The predicted molar refractivity (Wildman–Crippen MR) is 67.1 cm³/mol. The molecule has 6 heteroatoms. The minimum absolute atomic E-state index is 0.0805. The molecule has 1 unspecified atom stereocenters. The van der Waals surface area contributed by atoms with Crippen molar-refractivity contribution in [2.45, 2.75) is 4.90 Å². The predicted octanol–water partition coefficient (Wildman–Crippen LogP) is 0.402. The van der Waals surface area contributed by atoms with Gasteiger partial charge in [-0.3, -0.25) is 4.21 Å². The number of para-hydroxylation sites is 1. The van der Waals surface area contributed by atoms with Gasteiger partial charge in [-0.2, -0.15) is 0 Å². The Morgan fingerprint density at radius 2 is 2.18 bits per heavy atom. The van der Waals surface area contributed by atoms with Crippen molar-refractivity contribution in [2.75, 3.05) is 31.1 Å². The zero-order chi connectivity index (χ0) is 12.3. The first-order chi connectivity index (χ1) is 8.18. The lowest BCUT2D eigenvalue weighted by molar-refractivity contribution is 0.220. The van der Waals surface area contributed by atoms with Gasteiger partial charge in [0.15, 0.2) is 0 Å². The Balaban J connectivity index is 1.94. The molecule has 0 radical (unpaired) electrons. The first kappa shape index (κ1) is 11.9. The Kier molecular flexibility index (Phi) is 3.63. The molecular formula is C11H15N3O2S. The third kappa shape index (κ3) is 2.76. The Hall–Kier alpha value is -1.56. The molecule has 1 aromatic carbocycles. The summed E-state index contributed by atoms with van der Waals surface area (Å²) in [6.45, 7) is 1.84. The average molecular weight is 253 g/mol. The second kappa shape index (κ2) is 5.18. The van der Waals surface area contributed by atoms with Crippen LogP contribution in [0.15, 0.2) is 29.2 Å². The Bertz CT molecular complexity index is 450. The molecule has 1 fully saturated rings. The largest absolute Gasteiger partial charge is 0.398 e. The van der Waals surface area contributed by atoms with E-state index >= 15 is 0 Å². The van der Waals surface area contributed by atoms with Crippen LogP contribution in [-0.4, -0.2) is 40.5 Å². The van der Waals surface area contributed by atoms with Crippen LogP contribution in [0.3, 0.4) is 0 Å². The number of anilines is 1. The normalized spacial score (nSPS) is 16.9. The fourth-order valence-electron chi connectivity index (χ4n) is 1.72. The maximum Gasteiger partial charge on any atom is 0.317 e. The van der Waals surface area contributed by atoms with E-state index in [4.69, 9.17) is 5.73 Å². The van der Waals surface area contributed by atoms with Gasteiger partial charge in [0, 0.05) is 31.1 Å². The smallest absolute Gasteiger partial charge is 0.317 e. The molecular weight excluding hydrogens is 238 g/mol. The highest BCUT2D eigenvalue weighted by Gasteiger charge is 2.20. The summed E-state index contributed by atoms with van der Waals surface area (Å²) >= 11 is 0. The Labute approximate surface area is 102 Å². The number of carbonyl (C=O) groups excluding carboxylic acids is 1. The fourth-order valence-corrected chi connectivity index (χ4v) is 2.88. The number of rotatable bonds is 4. The quantitative estimate of drug-likeness (QED) is 0.763. The summed E-state index contributed by atoms with van der Waals surface area (Å²) in [6.07, 6.45) is 0. The van der Waals surface area contributed by atoms with Gasteiger partial charge in [-0.05, 0) is 12.1 Å². The van der Waals surface area contributed by atoms with E-state index in [1.165, 1.54) is 0 Å². The molecule has 1 aromatic rings. The number of nitrogens with one attached hydrogen (secondary N) is 1. The van der Waals surface area contributed by atoms with Gasteiger partial charge in [0.2, 0.25) is 0 Å². The SMILES string of the molecule is Nc1ccccc1S(=O)CCN1CCNC1=O. The lowest BCUT2D eigenvalue weighted by Gasteiger charge is -2.13. The number of hydrogen-bond donors (Lipinski definition) is 2. The van der Waals surface area contributed by atoms with Gasteiger partial charge in [-0.1, -0.05) is 12.1 Å². The number of nitrogens with two attached hydrogens (primary N) is 1. The van der Waals surface area contributed by atoms with Crippen molar-refractivity contribution in [1.82, 2.24) is 10.2 Å². The molecule has 5 nitrogen and oxygen atoms in total. The van der Waals surface area contributed by atoms with E-state index in [2.05, 4.69) is 5.32 Å². The molecule has 1 aliphatic heterocycles. The van der Waals surface area contributed by atoms with E-state index in [-0.39, 0.29) is 6.03 Å². The van der Waals surface area contributed by atoms with Crippen LogP contribution in [-0.2, 0) is 10.8 Å². The number of amides is 2. The first-order valence-corrected chi connectivity index (χ1v) is 6.76. The molecule has 92 valence electrons. The Morgan fingerprint density at radius 1 is 1.41 bits per heavy atom. The van der Waals surface area contributed by atoms with Crippen LogP contribution in [0.2, 0.25) is 0 Å². The summed E-state index contributed by atoms with van der Waals surface area (Å²) in [6, 6.07) is 7.03. The van der Waals surface area contributed by atoms with Crippen LogP contribution in [0.5, 0.6) is 0 Å². The van der Waals surface area contributed by atoms with E-state index < -0.39 is 10.8 Å². The summed E-state index contributed by atoms with van der Waals surface area (Å²) in [5, 5.41) is 2.71. The van der Waals surface area contributed by atoms with E-state index in [1.54, 1.807) is 17.0 Å². The monoisotopic (exact) mass is 253 g/mol. The first-order valence-electron chi connectivity index (χ1n) is 5.44. The lowest BCUT2D eigenvalue weighted by Crippen LogP contribution is -2.31. The van der Waals surface area contributed by atoms with Crippen molar-refractivity contribution in [2.24, 2.45) is 0 Å². The molecule has 0 aromatic heterocycles. The van der Waals surface area contributed by atoms with Crippen LogP contribution >= 0.6 is 0 Å². The summed E-state index contributed by atoms with van der Waals surface area (Å²) in [4.78, 5) is 13.6. The van der Waals surface area contributed by atoms with Gasteiger partial charge in [0.1, 0.15) is 0 Å². The number of hydrogen-bond acceptors (Lipinski definition) is 3. The van der Waals surface area contributed by atoms with Crippen molar-refractivity contribution in [3.63, 3.8) is 0 Å². The Morgan fingerprint density at radius 3 is 2.82 bits per heavy atom. The summed E-state index contributed by atoms with van der Waals surface area (Å²) in [5.74, 6) is 0.418. The maximum atomic E-state index is 12.0. The number of urea groups is 1. The van der Waals surface area contributed by atoms with Crippen LogP contribution in [0.25, 0.3) is 0 Å². The molecule has 2 amide bonds. The second-order valence-corrected chi connectivity index (χ2v) is 5.35. The molecule has 0 saturated carbocycles. The fraction of sp³-hybridized carbons (Fsp3) is 0.364. The molecule has 17 heavy (non-hydrogen) atoms. The van der Waals surface area contributed by atoms with Crippen molar-refractivity contribution in [1.29, 1.82) is 0 Å². The maximum absolute atomic E-state index is 12.0. The third-order valence-electron chi connectivity index (χ3n) is 2.66. The summed E-state index contributed by atoms with van der Waals surface area (Å²) in [7, 11) is -1.15. The zero-order valence-corrected chi connectivity index (χ0v) is 10.2. The molecule has 1 atom stereocenters. The molecule has 1 heterocycles. The van der Waals surface area contributed by atoms with Gasteiger partial charge < -0.3 is 16.0 Å². The average Bonchev–Trinajstić information content (AvgIpc) is 2.72.